The van der Waals surface area contributed by atoms with Gasteiger partial charge in [0.1, 0.15) is 29.8 Å². The smallest absolute Gasteiger partial charge is 0.251 e. The largest absolute Gasteiger partial charge is 0.486 e. The molecule has 0 aliphatic carbocycles. The molecule has 7 heteroatoms. The van der Waals surface area contributed by atoms with E-state index in [1.165, 1.54) is 6.07 Å². The molecule has 0 aliphatic rings. The Labute approximate surface area is 155 Å². The summed E-state index contributed by atoms with van der Waals surface area (Å²) in [5, 5.41) is 2.70. The van der Waals surface area contributed by atoms with E-state index in [0.717, 1.165) is 18.0 Å². The highest BCUT2D eigenvalue weighted by atomic mass is 19.1. The van der Waals surface area contributed by atoms with E-state index < -0.39 is 17.7 Å². The van der Waals surface area contributed by atoms with Crippen molar-refractivity contribution in [3.63, 3.8) is 0 Å². The molecule has 0 unspecified atom stereocenters. The van der Waals surface area contributed by atoms with E-state index in [2.05, 4.69) is 10.3 Å². The predicted molar refractivity (Wildman–Crippen MR) is 96.2 cm³/mol. The molecule has 27 heavy (non-hydrogen) atoms. The molecule has 140 valence electrons. The molecule has 0 fully saturated rings. The number of amides is 1. The molecular weight excluding hydrogens is 352 g/mol. The lowest BCUT2D eigenvalue weighted by Crippen LogP contribution is -2.27. The molecular formula is C20H19F2N3O2. The van der Waals surface area contributed by atoms with Gasteiger partial charge in [0.15, 0.2) is 0 Å². The molecule has 3 rings (SSSR count). The number of ether oxygens (including phenoxy) is 1. The van der Waals surface area contributed by atoms with Crippen LogP contribution in [-0.2, 0) is 13.7 Å². The Morgan fingerprint density at radius 3 is 2.59 bits per heavy atom. The van der Waals surface area contributed by atoms with Gasteiger partial charge >= 0.3 is 0 Å². The van der Waals surface area contributed by atoms with Crippen molar-refractivity contribution >= 4 is 5.91 Å². The van der Waals surface area contributed by atoms with Crippen LogP contribution in [0.1, 0.15) is 34.7 Å². The third-order valence-corrected chi connectivity index (χ3v) is 4.18. The summed E-state index contributed by atoms with van der Waals surface area (Å²) in [6, 6.07) is 9.29. The summed E-state index contributed by atoms with van der Waals surface area (Å²) in [6.07, 6.45) is 3.52. The number of aryl methyl sites for hydroxylation is 1. The number of aromatic nitrogens is 2. The van der Waals surface area contributed by atoms with Crippen molar-refractivity contribution in [2.75, 3.05) is 0 Å². The second-order valence-electron chi connectivity index (χ2n) is 6.13. The van der Waals surface area contributed by atoms with Crippen LogP contribution in [-0.4, -0.2) is 15.5 Å². The van der Waals surface area contributed by atoms with Crippen LogP contribution in [0.25, 0.3) is 0 Å². The molecule has 0 spiro atoms. The third kappa shape index (κ3) is 4.49. The van der Waals surface area contributed by atoms with Crippen molar-refractivity contribution in [3.8, 4) is 5.75 Å². The van der Waals surface area contributed by atoms with Gasteiger partial charge in [-0.2, -0.15) is 0 Å². The standard InChI is InChI=1S/C20H19F2N3O2/c1-13(17-8-5-15(21)11-18(17)22)24-20(26)14-3-6-16(7-4-14)27-12-19-23-9-10-25(19)2/h3-11,13H,12H2,1-2H3,(H,24,26)/t13-/m0/s1. The monoisotopic (exact) mass is 371 g/mol. The Bertz CT molecular complexity index is 939. The zero-order valence-corrected chi connectivity index (χ0v) is 14.9. The molecule has 0 saturated heterocycles. The normalized spacial score (nSPS) is 11.9. The minimum atomic E-state index is -0.694. The lowest BCUT2D eigenvalue weighted by molar-refractivity contribution is 0.0939. The van der Waals surface area contributed by atoms with E-state index in [1.807, 2.05) is 17.8 Å². The molecule has 0 aliphatic heterocycles. The van der Waals surface area contributed by atoms with Gasteiger partial charge in [0.05, 0.1) is 6.04 Å². The van der Waals surface area contributed by atoms with Gasteiger partial charge in [-0.1, -0.05) is 6.07 Å². The molecule has 0 bridgehead atoms. The van der Waals surface area contributed by atoms with Gasteiger partial charge in [0.25, 0.3) is 5.91 Å². The number of hydrogen-bond donors (Lipinski definition) is 1. The van der Waals surface area contributed by atoms with Gasteiger partial charge in [0.2, 0.25) is 0 Å². The molecule has 1 amide bonds. The first-order valence-electron chi connectivity index (χ1n) is 8.39. The summed E-state index contributed by atoms with van der Waals surface area (Å²) in [6.45, 7) is 1.95. The average Bonchev–Trinajstić information content (AvgIpc) is 3.05. The van der Waals surface area contributed by atoms with Gasteiger partial charge in [-0.15, -0.1) is 0 Å². The summed E-state index contributed by atoms with van der Waals surface area (Å²) >= 11 is 0. The number of benzene rings is 2. The fourth-order valence-corrected chi connectivity index (χ4v) is 2.60. The first kappa shape index (κ1) is 18.6. The fourth-order valence-electron chi connectivity index (χ4n) is 2.60. The summed E-state index contributed by atoms with van der Waals surface area (Å²) in [5.41, 5.74) is 0.633. The van der Waals surface area contributed by atoms with Crippen LogP contribution in [0.15, 0.2) is 54.9 Å². The number of hydrogen-bond acceptors (Lipinski definition) is 3. The van der Waals surface area contributed by atoms with Gasteiger partial charge in [-0.05, 0) is 37.3 Å². The molecule has 5 nitrogen and oxygen atoms in total. The number of carbonyl (C=O) groups is 1. The zero-order chi connectivity index (χ0) is 19.4. The second kappa shape index (κ2) is 7.99. The molecule has 1 atom stereocenters. The van der Waals surface area contributed by atoms with Crippen molar-refractivity contribution in [1.29, 1.82) is 0 Å². The minimum Gasteiger partial charge on any atom is -0.486 e. The Balaban J connectivity index is 1.60. The summed E-state index contributed by atoms with van der Waals surface area (Å²) < 4.78 is 34.3. The molecule has 2 aromatic carbocycles. The number of nitrogens with one attached hydrogen (secondary N) is 1. The molecule has 0 saturated carbocycles. The van der Waals surface area contributed by atoms with Crippen LogP contribution in [0.3, 0.4) is 0 Å². The highest BCUT2D eigenvalue weighted by Crippen LogP contribution is 2.19. The molecule has 1 N–H and O–H groups in total. The Morgan fingerprint density at radius 2 is 1.96 bits per heavy atom. The van der Waals surface area contributed by atoms with Crippen LogP contribution in [0, 0.1) is 11.6 Å². The van der Waals surface area contributed by atoms with E-state index in [-0.39, 0.29) is 11.5 Å². The van der Waals surface area contributed by atoms with E-state index in [4.69, 9.17) is 4.74 Å². The van der Waals surface area contributed by atoms with E-state index in [0.29, 0.717) is 17.9 Å². The summed E-state index contributed by atoms with van der Waals surface area (Å²) in [7, 11) is 1.88. The van der Waals surface area contributed by atoms with Crippen molar-refractivity contribution in [2.45, 2.75) is 19.6 Å². The van der Waals surface area contributed by atoms with E-state index in [9.17, 15) is 13.6 Å². The number of imidazole rings is 1. The van der Waals surface area contributed by atoms with Crippen LogP contribution < -0.4 is 10.1 Å². The van der Waals surface area contributed by atoms with Crippen molar-refractivity contribution in [1.82, 2.24) is 14.9 Å². The number of nitrogens with zero attached hydrogens (tertiary/aromatic N) is 2. The lowest BCUT2D eigenvalue weighted by atomic mass is 10.1. The van der Waals surface area contributed by atoms with Gasteiger partial charge in [-0.25, -0.2) is 13.8 Å². The van der Waals surface area contributed by atoms with Crippen LogP contribution in [0.2, 0.25) is 0 Å². The molecule has 1 heterocycles. The summed E-state index contributed by atoms with van der Waals surface area (Å²) in [5.74, 6) is -0.322. The van der Waals surface area contributed by atoms with Crippen molar-refractivity contribution in [2.24, 2.45) is 7.05 Å². The van der Waals surface area contributed by atoms with Crippen molar-refractivity contribution in [3.05, 3.63) is 83.4 Å². The average molecular weight is 371 g/mol. The highest BCUT2D eigenvalue weighted by molar-refractivity contribution is 5.94. The van der Waals surface area contributed by atoms with Crippen LogP contribution in [0.4, 0.5) is 8.78 Å². The maximum absolute atomic E-state index is 13.8. The topological polar surface area (TPSA) is 56.1 Å². The number of rotatable bonds is 6. The Morgan fingerprint density at radius 1 is 1.22 bits per heavy atom. The molecule has 0 radical (unpaired) electrons. The predicted octanol–water partition coefficient (Wildman–Crippen LogP) is 3.77. The third-order valence-electron chi connectivity index (χ3n) is 4.18. The highest BCUT2D eigenvalue weighted by Gasteiger charge is 2.15. The van der Waals surface area contributed by atoms with Crippen LogP contribution in [0.5, 0.6) is 5.75 Å². The molecule has 3 aromatic rings. The Hall–Kier alpha value is -3.22. The van der Waals surface area contributed by atoms with Gasteiger partial charge in [-0.3, -0.25) is 4.79 Å². The van der Waals surface area contributed by atoms with Gasteiger partial charge in [0, 0.05) is 36.6 Å². The zero-order valence-electron chi connectivity index (χ0n) is 14.9. The maximum atomic E-state index is 13.8. The van der Waals surface area contributed by atoms with E-state index >= 15 is 0 Å². The quantitative estimate of drug-likeness (QED) is 0.718. The van der Waals surface area contributed by atoms with Crippen molar-refractivity contribution < 1.29 is 18.3 Å². The summed E-state index contributed by atoms with van der Waals surface area (Å²) in [4.78, 5) is 16.5. The molecule has 1 aromatic heterocycles. The second-order valence-corrected chi connectivity index (χ2v) is 6.13. The number of carbonyl (C=O) groups excluding carboxylic acids is 1. The number of halogens is 2. The SMILES string of the molecule is C[C@H](NC(=O)c1ccc(OCc2nccn2C)cc1)c1ccc(F)cc1F. The first-order chi connectivity index (χ1) is 12.9. The lowest BCUT2D eigenvalue weighted by Gasteiger charge is -2.15. The fraction of sp³-hybridized carbons (Fsp3) is 0.200. The first-order valence-corrected chi connectivity index (χ1v) is 8.39. The van der Waals surface area contributed by atoms with E-state index in [1.54, 1.807) is 37.4 Å². The maximum Gasteiger partial charge on any atom is 0.251 e. The Kier molecular flexibility index (Phi) is 5.49. The minimum absolute atomic E-state index is 0.222. The van der Waals surface area contributed by atoms with Gasteiger partial charge < -0.3 is 14.6 Å². The van der Waals surface area contributed by atoms with Crippen LogP contribution >= 0.6 is 0 Å².